The van der Waals surface area contributed by atoms with Crippen LogP contribution in [0.15, 0.2) is 6.20 Å². The van der Waals surface area contributed by atoms with Gasteiger partial charge < -0.3 is 10.6 Å². The van der Waals surface area contributed by atoms with Crippen LogP contribution in [-0.2, 0) is 0 Å². The third-order valence-electron chi connectivity index (χ3n) is 2.73. The molecule has 0 spiro atoms. The highest BCUT2D eigenvalue weighted by atomic mass is 16.6. The van der Waals surface area contributed by atoms with Crippen LogP contribution in [0.2, 0.25) is 0 Å². The van der Waals surface area contributed by atoms with E-state index in [4.69, 9.17) is 0 Å². The number of nitrogens with one attached hydrogen (secondary N) is 2. The first kappa shape index (κ1) is 17.1. The topological polar surface area (TPSA) is 93.0 Å². The van der Waals surface area contributed by atoms with Gasteiger partial charge in [-0.2, -0.15) is 4.98 Å². The second-order valence-corrected chi connectivity index (χ2v) is 6.96. The van der Waals surface area contributed by atoms with Gasteiger partial charge in [-0.1, -0.05) is 20.8 Å². The van der Waals surface area contributed by atoms with Crippen molar-refractivity contribution in [3.05, 3.63) is 16.3 Å². The Bertz CT molecular complexity index is 509. The van der Waals surface area contributed by atoms with Crippen LogP contribution >= 0.6 is 0 Å². The molecular formula is C14H25N5O2. The number of rotatable bonds is 6. The summed E-state index contributed by atoms with van der Waals surface area (Å²) in [6, 6.07) is 0. The molecule has 0 aliphatic rings. The van der Waals surface area contributed by atoms with E-state index in [0.29, 0.717) is 12.5 Å². The van der Waals surface area contributed by atoms with Gasteiger partial charge in [-0.05, 0) is 32.6 Å². The van der Waals surface area contributed by atoms with Gasteiger partial charge in [0.2, 0.25) is 11.8 Å². The van der Waals surface area contributed by atoms with E-state index in [0.717, 1.165) is 6.42 Å². The molecule has 0 bridgehead atoms. The van der Waals surface area contributed by atoms with E-state index in [2.05, 4.69) is 41.4 Å². The lowest BCUT2D eigenvalue weighted by Gasteiger charge is -2.33. The maximum atomic E-state index is 11.1. The normalized spacial score (nSPS) is 12.1. The zero-order chi connectivity index (χ0) is 16.3. The lowest BCUT2D eigenvalue weighted by atomic mass is 9.82. The second-order valence-electron chi connectivity index (χ2n) is 6.96. The SMILES string of the molecule is CCNc1ncc([N+](=O)[O-])c(NC(C)(C)CC(C)(C)C)n1. The molecule has 2 N–H and O–H groups in total. The van der Waals surface area contributed by atoms with E-state index in [1.54, 1.807) is 0 Å². The number of hydrogen-bond acceptors (Lipinski definition) is 6. The minimum atomic E-state index is -0.467. The minimum absolute atomic E-state index is 0.100. The Morgan fingerprint density at radius 3 is 2.38 bits per heavy atom. The van der Waals surface area contributed by atoms with Crippen LogP contribution in [0.1, 0.15) is 48.0 Å². The quantitative estimate of drug-likeness (QED) is 0.617. The third kappa shape index (κ3) is 5.53. The molecule has 1 heterocycles. The molecule has 0 aliphatic carbocycles. The predicted octanol–water partition coefficient (Wildman–Crippen LogP) is 3.44. The fraction of sp³-hybridized carbons (Fsp3) is 0.714. The molecule has 0 unspecified atom stereocenters. The summed E-state index contributed by atoms with van der Waals surface area (Å²) < 4.78 is 0. The van der Waals surface area contributed by atoms with Crippen LogP contribution in [-0.4, -0.2) is 27.0 Å². The van der Waals surface area contributed by atoms with Crippen LogP contribution < -0.4 is 10.6 Å². The maximum Gasteiger partial charge on any atom is 0.329 e. The molecule has 7 nitrogen and oxygen atoms in total. The van der Waals surface area contributed by atoms with Crippen molar-refractivity contribution in [3.63, 3.8) is 0 Å². The highest BCUT2D eigenvalue weighted by Gasteiger charge is 2.29. The summed E-state index contributed by atoms with van der Waals surface area (Å²) in [6.07, 6.45) is 2.08. The molecule has 7 heteroatoms. The van der Waals surface area contributed by atoms with Crippen molar-refractivity contribution in [2.24, 2.45) is 5.41 Å². The van der Waals surface area contributed by atoms with Crippen molar-refractivity contribution in [2.75, 3.05) is 17.2 Å². The molecule has 0 saturated carbocycles. The zero-order valence-electron chi connectivity index (χ0n) is 13.6. The fourth-order valence-corrected chi connectivity index (χ4v) is 2.53. The van der Waals surface area contributed by atoms with Gasteiger partial charge in [0.1, 0.15) is 6.20 Å². The summed E-state index contributed by atoms with van der Waals surface area (Å²) in [6.45, 7) is 13.0. The fourth-order valence-electron chi connectivity index (χ4n) is 2.53. The highest BCUT2D eigenvalue weighted by molar-refractivity contribution is 5.58. The molecule has 0 fully saturated rings. The van der Waals surface area contributed by atoms with Gasteiger partial charge in [-0.15, -0.1) is 0 Å². The molecule has 0 aromatic carbocycles. The summed E-state index contributed by atoms with van der Waals surface area (Å²) in [4.78, 5) is 18.8. The first-order valence-electron chi connectivity index (χ1n) is 7.07. The summed E-state index contributed by atoms with van der Waals surface area (Å²) in [5.41, 5.74) is -0.331. The van der Waals surface area contributed by atoms with Crippen molar-refractivity contribution >= 4 is 17.5 Å². The van der Waals surface area contributed by atoms with Crippen molar-refractivity contribution < 1.29 is 4.92 Å². The van der Waals surface area contributed by atoms with Crippen molar-refractivity contribution in [2.45, 2.75) is 53.5 Å². The van der Waals surface area contributed by atoms with E-state index in [-0.39, 0.29) is 22.5 Å². The number of aromatic nitrogens is 2. The number of nitro groups is 1. The predicted molar refractivity (Wildman–Crippen MR) is 84.6 cm³/mol. The summed E-state index contributed by atoms with van der Waals surface area (Å²) in [5, 5.41) is 17.3. The summed E-state index contributed by atoms with van der Waals surface area (Å²) in [7, 11) is 0. The Kier molecular flexibility index (Phi) is 5.09. The molecule has 0 amide bonds. The molecule has 1 aromatic heterocycles. The lowest BCUT2D eigenvalue weighted by molar-refractivity contribution is -0.384. The van der Waals surface area contributed by atoms with Crippen molar-refractivity contribution in [1.82, 2.24) is 9.97 Å². The molecular weight excluding hydrogens is 270 g/mol. The molecule has 1 rings (SSSR count). The first-order valence-corrected chi connectivity index (χ1v) is 7.07. The summed E-state index contributed by atoms with van der Waals surface area (Å²) >= 11 is 0. The monoisotopic (exact) mass is 295 g/mol. The standard InChI is InChI=1S/C14H25N5O2/c1-7-15-12-16-8-10(19(20)21)11(17-12)18-14(5,6)9-13(2,3)4/h8H,7,9H2,1-6H3,(H2,15,16,17,18). The second kappa shape index (κ2) is 6.24. The average molecular weight is 295 g/mol. The lowest BCUT2D eigenvalue weighted by Crippen LogP contribution is -2.36. The van der Waals surface area contributed by atoms with Gasteiger partial charge in [0.05, 0.1) is 4.92 Å². The Labute approximate surface area is 125 Å². The molecule has 118 valence electrons. The third-order valence-corrected chi connectivity index (χ3v) is 2.73. The number of nitrogens with zero attached hydrogens (tertiary/aromatic N) is 3. The number of hydrogen-bond donors (Lipinski definition) is 2. The number of anilines is 2. The van der Waals surface area contributed by atoms with Gasteiger partial charge in [0, 0.05) is 12.1 Å². The van der Waals surface area contributed by atoms with Gasteiger partial charge in [0.15, 0.2) is 0 Å². The largest absolute Gasteiger partial charge is 0.359 e. The van der Waals surface area contributed by atoms with Gasteiger partial charge in [0.25, 0.3) is 0 Å². The molecule has 1 aromatic rings. The molecule has 0 saturated heterocycles. The Hall–Kier alpha value is -1.92. The Morgan fingerprint density at radius 1 is 1.29 bits per heavy atom. The van der Waals surface area contributed by atoms with E-state index in [1.165, 1.54) is 6.20 Å². The smallest absolute Gasteiger partial charge is 0.329 e. The molecule has 21 heavy (non-hydrogen) atoms. The molecule has 0 aliphatic heterocycles. The Balaban J connectivity index is 3.08. The molecule has 0 radical (unpaired) electrons. The maximum absolute atomic E-state index is 11.1. The molecule has 0 atom stereocenters. The van der Waals surface area contributed by atoms with Crippen LogP contribution in [0.25, 0.3) is 0 Å². The highest BCUT2D eigenvalue weighted by Crippen LogP contribution is 2.32. The van der Waals surface area contributed by atoms with Gasteiger partial charge in [-0.3, -0.25) is 10.1 Å². The van der Waals surface area contributed by atoms with Crippen LogP contribution in [0, 0.1) is 15.5 Å². The van der Waals surface area contributed by atoms with E-state index < -0.39 is 4.92 Å². The van der Waals surface area contributed by atoms with Gasteiger partial charge in [-0.25, -0.2) is 4.98 Å². The van der Waals surface area contributed by atoms with E-state index >= 15 is 0 Å². The summed E-state index contributed by atoms with van der Waals surface area (Å²) in [5.74, 6) is 0.636. The average Bonchev–Trinajstić information content (AvgIpc) is 2.24. The van der Waals surface area contributed by atoms with E-state index in [9.17, 15) is 10.1 Å². The zero-order valence-corrected chi connectivity index (χ0v) is 13.6. The van der Waals surface area contributed by atoms with Crippen LogP contribution in [0.5, 0.6) is 0 Å². The Morgan fingerprint density at radius 2 is 1.90 bits per heavy atom. The van der Waals surface area contributed by atoms with Gasteiger partial charge >= 0.3 is 5.69 Å². The van der Waals surface area contributed by atoms with E-state index in [1.807, 2.05) is 20.8 Å². The minimum Gasteiger partial charge on any atom is -0.359 e. The van der Waals surface area contributed by atoms with Crippen molar-refractivity contribution in [1.29, 1.82) is 0 Å². The van der Waals surface area contributed by atoms with Crippen molar-refractivity contribution in [3.8, 4) is 0 Å². The first-order chi connectivity index (χ1) is 9.54. The van der Waals surface area contributed by atoms with Crippen LogP contribution in [0.4, 0.5) is 17.5 Å². The van der Waals surface area contributed by atoms with Crippen LogP contribution in [0.3, 0.4) is 0 Å².